The minimum absolute atomic E-state index is 0.0786. The lowest BCUT2D eigenvalue weighted by atomic mass is 10.2. The number of carbonyl (C=O) groups excluding carboxylic acids is 1. The van der Waals surface area contributed by atoms with Crippen LogP contribution in [0.2, 0.25) is 5.02 Å². The number of hydrogen-bond acceptors (Lipinski definition) is 7. The number of nitrogens with one attached hydrogen (secondary N) is 1. The van der Waals surface area contributed by atoms with Crippen molar-refractivity contribution in [3.8, 4) is 10.8 Å². The van der Waals surface area contributed by atoms with E-state index in [2.05, 4.69) is 15.5 Å². The van der Waals surface area contributed by atoms with Gasteiger partial charge in [-0.15, -0.1) is 21.5 Å². The van der Waals surface area contributed by atoms with E-state index < -0.39 is 0 Å². The first-order valence-electron chi connectivity index (χ1n) is 8.22. The third-order valence-electron chi connectivity index (χ3n) is 4.01. The van der Waals surface area contributed by atoms with Crippen LogP contribution >= 0.6 is 34.7 Å². The smallest absolute Gasteiger partial charge is 0.277 e. The molecule has 0 aliphatic carbocycles. The molecule has 9 heteroatoms. The van der Waals surface area contributed by atoms with Crippen LogP contribution in [0.3, 0.4) is 0 Å². The standard InChI is InChI=1S/C17H16ClN3O3S2/c18-14-11-5-1-2-6-12(11)26-15(14)16-20-21-17(24-16)25-9-13(22)19-8-10-4-3-7-23-10/h1-2,5-6,10H,3-4,7-9H2,(H,19,22). The van der Waals surface area contributed by atoms with Crippen molar-refractivity contribution in [2.24, 2.45) is 0 Å². The predicted molar refractivity (Wildman–Crippen MR) is 103 cm³/mol. The van der Waals surface area contributed by atoms with Crippen LogP contribution in [0.1, 0.15) is 12.8 Å². The second-order valence-electron chi connectivity index (χ2n) is 5.84. The number of ether oxygens (including phenoxy) is 1. The minimum atomic E-state index is -0.0786. The molecule has 1 aliphatic rings. The average molecular weight is 410 g/mol. The predicted octanol–water partition coefficient (Wildman–Crippen LogP) is 3.99. The van der Waals surface area contributed by atoms with Gasteiger partial charge in [0.05, 0.1) is 16.9 Å². The number of benzene rings is 1. The molecule has 0 spiro atoms. The Morgan fingerprint density at radius 2 is 2.27 bits per heavy atom. The number of carbonyl (C=O) groups is 1. The Kier molecular flexibility index (Phi) is 5.44. The van der Waals surface area contributed by atoms with Gasteiger partial charge in [0.2, 0.25) is 5.91 Å². The van der Waals surface area contributed by atoms with Crippen LogP contribution < -0.4 is 5.32 Å². The van der Waals surface area contributed by atoms with E-state index in [1.165, 1.54) is 23.1 Å². The van der Waals surface area contributed by atoms with Crippen molar-refractivity contribution in [3.05, 3.63) is 29.3 Å². The Balaban J connectivity index is 1.36. The molecule has 1 amide bonds. The molecular formula is C17H16ClN3O3S2. The number of hydrogen-bond donors (Lipinski definition) is 1. The molecule has 1 unspecified atom stereocenters. The third kappa shape index (κ3) is 3.88. The van der Waals surface area contributed by atoms with Gasteiger partial charge in [0.25, 0.3) is 11.1 Å². The summed E-state index contributed by atoms with van der Waals surface area (Å²) >= 11 is 9.15. The lowest BCUT2D eigenvalue weighted by Crippen LogP contribution is -2.32. The highest BCUT2D eigenvalue weighted by molar-refractivity contribution is 7.99. The lowest BCUT2D eigenvalue weighted by Gasteiger charge is -2.09. The molecule has 6 nitrogen and oxygen atoms in total. The van der Waals surface area contributed by atoms with Crippen LogP contribution in [0.5, 0.6) is 0 Å². The normalized spacial score (nSPS) is 17.0. The zero-order valence-electron chi connectivity index (χ0n) is 13.7. The van der Waals surface area contributed by atoms with Crippen molar-refractivity contribution in [2.45, 2.75) is 24.2 Å². The molecule has 1 saturated heterocycles. The molecule has 0 bridgehead atoms. The van der Waals surface area contributed by atoms with Crippen molar-refractivity contribution in [1.29, 1.82) is 0 Å². The summed E-state index contributed by atoms with van der Waals surface area (Å²) in [5.74, 6) is 0.512. The summed E-state index contributed by atoms with van der Waals surface area (Å²) in [5.41, 5.74) is 0. The number of fused-ring (bicyclic) bond motifs is 1. The number of rotatable bonds is 6. The molecular weight excluding hydrogens is 394 g/mol. The van der Waals surface area contributed by atoms with Gasteiger partial charge in [0.1, 0.15) is 4.88 Å². The highest BCUT2D eigenvalue weighted by Gasteiger charge is 2.19. The van der Waals surface area contributed by atoms with Gasteiger partial charge in [-0.3, -0.25) is 4.79 Å². The topological polar surface area (TPSA) is 77.2 Å². The molecule has 1 fully saturated rings. The number of thioether (sulfide) groups is 1. The molecule has 3 aromatic rings. The quantitative estimate of drug-likeness (QED) is 0.620. The maximum Gasteiger partial charge on any atom is 0.277 e. The fourth-order valence-electron chi connectivity index (χ4n) is 2.72. The van der Waals surface area contributed by atoms with Gasteiger partial charge in [0.15, 0.2) is 0 Å². The van der Waals surface area contributed by atoms with E-state index in [4.69, 9.17) is 20.8 Å². The van der Waals surface area contributed by atoms with Crippen molar-refractivity contribution >= 4 is 50.7 Å². The monoisotopic (exact) mass is 409 g/mol. The second kappa shape index (κ2) is 7.96. The lowest BCUT2D eigenvalue weighted by molar-refractivity contribution is -0.119. The van der Waals surface area contributed by atoms with Crippen molar-refractivity contribution in [2.75, 3.05) is 18.9 Å². The number of amides is 1. The van der Waals surface area contributed by atoms with E-state index in [1.807, 2.05) is 24.3 Å². The summed E-state index contributed by atoms with van der Waals surface area (Å²) in [7, 11) is 0. The summed E-state index contributed by atoms with van der Waals surface area (Å²) < 4.78 is 12.2. The van der Waals surface area contributed by atoms with E-state index in [-0.39, 0.29) is 17.8 Å². The van der Waals surface area contributed by atoms with E-state index in [0.717, 1.165) is 34.4 Å². The number of halogens is 1. The fraction of sp³-hybridized carbons (Fsp3) is 0.353. The maximum atomic E-state index is 11.9. The summed E-state index contributed by atoms with van der Waals surface area (Å²) in [6.45, 7) is 1.33. The Bertz CT molecular complexity index is 921. The molecule has 2 aromatic heterocycles. The van der Waals surface area contributed by atoms with Gasteiger partial charge in [-0.25, -0.2) is 0 Å². The number of nitrogens with zero attached hydrogens (tertiary/aromatic N) is 2. The first-order chi connectivity index (χ1) is 12.7. The molecule has 1 aromatic carbocycles. The molecule has 136 valence electrons. The van der Waals surface area contributed by atoms with E-state index >= 15 is 0 Å². The van der Waals surface area contributed by atoms with Crippen LogP contribution in [0.25, 0.3) is 20.9 Å². The molecule has 3 heterocycles. The van der Waals surface area contributed by atoms with Gasteiger partial charge in [-0.2, -0.15) is 0 Å². The van der Waals surface area contributed by atoms with Gasteiger partial charge >= 0.3 is 0 Å². The molecule has 26 heavy (non-hydrogen) atoms. The molecule has 0 saturated carbocycles. The Labute approximate surface area is 163 Å². The van der Waals surface area contributed by atoms with Gasteiger partial charge in [-0.1, -0.05) is 41.6 Å². The molecule has 1 aliphatic heterocycles. The van der Waals surface area contributed by atoms with Gasteiger partial charge < -0.3 is 14.5 Å². The SMILES string of the molecule is O=C(CSc1nnc(-c2sc3ccccc3c2Cl)o1)NCC1CCCO1. The third-order valence-corrected chi connectivity index (χ3v) is 6.50. The molecule has 1 atom stereocenters. The van der Waals surface area contributed by atoms with Gasteiger partial charge in [-0.05, 0) is 18.9 Å². The van der Waals surface area contributed by atoms with Crippen LogP contribution in [0.15, 0.2) is 33.9 Å². The van der Waals surface area contributed by atoms with E-state index in [0.29, 0.717) is 22.7 Å². The Hall–Kier alpha value is -1.61. The van der Waals surface area contributed by atoms with Crippen molar-refractivity contribution in [3.63, 3.8) is 0 Å². The highest BCUT2D eigenvalue weighted by atomic mass is 35.5. The molecule has 4 rings (SSSR count). The van der Waals surface area contributed by atoms with Crippen molar-refractivity contribution < 1.29 is 13.9 Å². The molecule has 0 radical (unpaired) electrons. The summed E-state index contributed by atoms with van der Waals surface area (Å²) in [4.78, 5) is 12.7. The number of aromatic nitrogens is 2. The van der Waals surface area contributed by atoms with E-state index in [1.54, 1.807) is 0 Å². The maximum absolute atomic E-state index is 11.9. The van der Waals surface area contributed by atoms with Gasteiger partial charge in [0, 0.05) is 23.2 Å². The zero-order chi connectivity index (χ0) is 17.9. The Morgan fingerprint density at radius 1 is 1.38 bits per heavy atom. The van der Waals surface area contributed by atoms with Crippen LogP contribution in [0.4, 0.5) is 0 Å². The molecule has 1 N–H and O–H groups in total. The number of thiophene rings is 1. The van der Waals surface area contributed by atoms with Crippen LogP contribution in [-0.4, -0.2) is 41.1 Å². The summed E-state index contributed by atoms with van der Waals surface area (Å²) in [6, 6.07) is 7.86. The average Bonchev–Trinajstić information content (AvgIpc) is 3.39. The summed E-state index contributed by atoms with van der Waals surface area (Å²) in [5, 5.41) is 12.9. The summed E-state index contributed by atoms with van der Waals surface area (Å²) in [6.07, 6.45) is 2.19. The highest BCUT2D eigenvalue weighted by Crippen LogP contribution is 2.41. The first kappa shape index (κ1) is 17.8. The minimum Gasteiger partial charge on any atom is -0.410 e. The first-order valence-corrected chi connectivity index (χ1v) is 10.4. The van der Waals surface area contributed by atoms with Crippen LogP contribution in [0, 0.1) is 0 Å². The van der Waals surface area contributed by atoms with Crippen molar-refractivity contribution in [1.82, 2.24) is 15.5 Å². The van der Waals surface area contributed by atoms with E-state index in [9.17, 15) is 4.79 Å². The largest absolute Gasteiger partial charge is 0.410 e. The van der Waals surface area contributed by atoms with Crippen LogP contribution in [-0.2, 0) is 9.53 Å². The fourth-order valence-corrected chi connectivity index (χ4v) is 4.75. The zero-order valence-corrected chi connectivity index (χ0v) is 16.1. The Morgan fingerprint density at radius 3 is 3.08 bits per heavy atom. The second-order valence-corrected chi connectivity index (χ2v) is 8.20.